The number of rotatable bonds is 7. The summed E-state index contributed by atoms with van der Waals surface area (Å²) >= 11 is 5.83. The molecule has 1 aromatic carbocycles. The third-order valence-electron chi connectivity index (χ3n) is 3.44. The summed E-state index contributed by atoms with van der Waals surface area (Å²) in [5.41, 5.74) is 0.883. The van der Waals surface area contributed by atoms with E-state index < -0.39 is 10.0 Å². The van der Waals surface area contributed by atoms with Gasteiger partial charge in [0, 0.05) is 30.4 Å². The molecule has 0 atom stereocenters. The molecule has 136 valence electrons. The Bertz CT molecular complexity index is 1010. The van der Waals surface area contributed by atoms with Gasteiger partial charge < -0.3 is 5.32 Å². The van der Waals surface area contributed by atoms with Gasteiger partial charge in [-0.1, -0.05) is 17.7 Å². The highest BCUT2D eigenvalue weighted by Crippen LogP contribution is 2.15. The van der Waals surface area contributed by atoms with Crippen LogP contribution < -0.4 is 10.0 Å². The first-order valence-corrected chi connectivity index (χ1v) is 9.64. The van der Waals surface area contributed by atoms with Gasteiger partial charge in [0.15, 0.2) is 5.82 Å². The van der Waals surface area contributed by atoms with E-state index in [1.165, 1.54) is 18.5 Å². The van der Waals surface area contributed by atoms with E-state index in [1.807, 2.05) is 13.0 Å². The molecule has 2 N–H and O–H groups in total. The summed E-state index contributed by atoms with van der Waals surface area (Å²) in [6, 6.07) is 9.71. The van der Waals surface area contributed by atoms with Crippen molar-refractivity contribution in [3.63, 3.8) is 0 Å². The molecular weight excluding hydrogens is 376 g/mol. The van der Waals surface area contributed by atoms with Crippen LogP contribution in [-0.2, 0) is 10.0 Å². The van der Waals surface area contributed by atoms with Gasteiger partial charge in [-0.25, -0.2) is 27.8 Å². The number of anilines is 1. The largest absolute Gasteiger partial charge is 0.369 e. The smallest absolute Gasteiger partial charge is 0.240 e. The summed E-state index contributed by atoms with van der Waals surface area (Å²) < 4.78 is 28.6. The number of sulfonamides is 1. The van der Waals surface area contributed by atoms with Crippen molar-refractivity contribution in [1.82, 2.24) is 24.5 Å². The predicted octanol–water partition coefficient (Wildman–Crippen LogP) is 2.01. The van der Waals surface area contributed by atoms with Crippen LogP contribution in [0.15, 0.2) is 53.8 Å². The Kier molecular flexibility index (Phi) is 5.50. The van der Waals surface area contributed by atoms with E-state index in [-0.39, 0.29) is 11.4 Å². The maximum atomic E-state index is 12.2. The third kappa shape index (κ3) is 4.57. The summed E-state index contributed by atoms with van der Waals surface area (Å²) in [7, 11) is -3.61. The SMILES string of the molecule is Cc1ccn(-c2cc(NCCNS(=O)(=O)c3cccc(Cl)c3)ncn2)n1. The van der Waals surface area contributed by atoms with Crippen molar-refractivity contribution in [3.8, 4) is 5.82 Å². The van der Waals surface area contributed by atoms with Crippen molar-refractivity contribution in [2.45, 2.75) is 11.8 Å². The number of aryl methyl sites for hydroxylation is 1. The number of nitrogens with one attached hydrogen (secondary N) is 2. The molecule has 0 amide bonds. The maximum absolute atomic E-state index is 12.2. The van der Waals surface area contributed by atoms with Crippen molar-refractivity contribution >= 4 is 27.4 Å². The molecule has 0 unspecified atom stereocenters. The zero-order valence-corrected chi connectivity index (χ0v) is 15.5. The highest BCUT2D eigenvalue weighted by molar-refractivity contribution is 7.89. The summed E-state index contributed by atoms with van der Waals surface area (Å²) in [4.78, 5) is 8.41. The first kappa shape index (κ1) is 18.3. The number of hydrogen-bond acceptors (Lipinski definition) is 6. The van der Waals surface area contributed by atoms with Crippen LogP contribution in [0.4, 0.5) is 5.82 Å². The molecule has 8 nitrogen and oxygen atoms in total. The van der Waals surface area contributed by atoms with Gasteiger partial charge >= 0.3 is 0 Å². The fourth-order valence-corrected chi connectivity index (χ4v) is 3.54. The molecule has 10 heteroatoms. The standard InChI is InChI=1S/C16H17ClN6O2S/c1-12-5-8-23(22-12)16-10-15(19-11-20-16)18-6-7-21-26(24,25)14-4-2-3-13(17)9-14/h2-5,8-11,21H,6-7H2,1H3,(H,18,19,20). The average molecular weight is 393 g/mol. The van der Waals surface area contributed by atoms with Crippen molar-refractivity contribution < 1.29 is 8.42 Å². The van der Waals surface area contributed by atoms with Gasteiger partial charge in [-0.15, -0.1) is 0 Å². The number of benzene rings is 1. The number of hydrogen-bond donors (Lipinski definition) is 2. The first-order valence-electron chi connectivity index (χ1n) is 7.78. The third-order valence-corrected chi connectivity index (χ3v) is 5.13. The Hall–Kier alpha value is -2.49. The first-order chi connectivity index (χ1) is 12.4. The molecule has 0 bridgehead atoms. The second-order valence-electron chi connectivity index (χ2n) is 5.45. The van der Waals surface area contributed by atoms with Gasteiger partial charge in [-0.2, -0.15) is 5.10 Å². The van der Waals surface area contributed by atoms with E-state index in [0.29, 0.717) is 23.2 Å². The molecule has 0 aliphatic carbocycles. The fourth-order valence-electron chi connectivity index (χ4n) is 2.21. The molecule has 0 aliphatic heterocycles. The lowest BCUT2D eigenvalue weighted by Gasteiger charge is -2.09. The van der Waals surface area contributed by atoms with Crippen LogP contribution in [0.2, 0.25) is 5.02 Å². The molecule has 3 aromatic rings. The van der Waals surface area contributed by atoms with Crippen LogP contribution in [0.3, 0.4) is 0 Å². The van der Waals surface area contributed by atoms with Gasteiger partial charge in [-0.3, -0.25) is 0 Å². The molecular formula is C16H17ClN6O2S. The quantitative estimate of drug-likeness (QED) is 0.596. The van der Waals surface area contributed by atoms with Crippen molar-refractivity contribution in [2.24, 2.45) is 0 Å². The molecule has 0 saturated heterocycles. The second-order valence-corrected chi connectivity index (χ2v) is 7.65. The minimum Gasteiger partial charge on any atom is -0.369 e. The lowest BCUT2D eigenvalue weighted by atomic mass is 10.4. The second kappa shape index (κ2) is 7.81. The van der Waals surface area contributed by atoms with Gasteiger partial charge in [0.25, 0.3) is 0 Å². The van der Waals surface area contributed by atoms with Gasteiger partial charge in [0.1, 0.15) is 12.1 Å². The van der Waals surface area contributed by atoms with Crippen molar-refractivity contribution in [3.05, 3.63) is 59.6 Å². The highest BCUT2D eigenvalue weighted by atomic mass is 35.5. The molecule has 0 spiro atoms. The van der Waals surface area contributed by atoms with Crippen LogP contribution in [-0.4, -0.2) is 41.3 Å². The van der Waals surface area contributed by atoms with E-state index in [2.05, 4.69) is 25.1 Å². The Morgan fingerprint density at radius 3 is 2.73 bits per heavy atom. The normalized spacial score (nSPS) is 11.5. The maximum Gasteiger partial charge on any atom is 0.240 e. The molecule has 3 rings (SSSR count). The van der Waals surface area contributed by atoms with Gasteiger partial charge in [0.05, 0.1) is 10.6 Å². The zero-order valence-electron chi connectivity index (χ0n) is 13.9. The topological polar surface area (TPSA) is 102 Å². The molecule has 0 saturated carbocycles. The summed E-state index contributed by atoms with van der Waals surface area (Å²) in [5, 5.41) is 7.71. The van der Waals surface area contributed by atoms with Gasteiger partial charge in [0.2, 0.25) is 10.0 Å². The van der Waals surface area contributed by atoms with Crippen molar-refractivity contribution in [1.29, 1.82) is 0 Å². The minimum atomic E-state index is -3.61. The number of nitrogens with zero attached hydrogens (tertiary/aromatic N) is 4. The molecule has 0 aliphatic rings. The molecule has 0 radical (unpaired) electrons. The minimum absolute atomic E-state index is 0.128. The lowest BCUT2D eigenvalue weighted by molar-refractivity contribution is 0.583. The van der Waals surface area contributed by atoms with Crippen LogP contribution in [0, 0.1) is 6.92 Å². The Labute approximate surface area is 156 Å². The monoisotopic (exact) mass is 392 g/mol. The van der Waals surface area contributed by atoms with E-state index in [0.717, 1.165) is 5.69 Å². The zero-order chi connectivity index (χ0) is 18.6. The van der Waals surface area contributed by atoms with Gasteiger partial charge in [-0.05, 0) is 31.2 Å². The van der Waals surface area contributed by atoms with Crippen LogP contribution in [0.5, 0.6) is 0 Å². The van der Waals surface area contributed by atoms with Crippen LogP contribution in [0.25, 0.3) is 5.82 Å². The number of aromatic nitrogens is 4. The summed E-state index contributed by atoms with van der Waals surface area (Å²) in [6.07, 6.45) is 3.23. The lowest BCUT2D eigenvalue weighted by Crippen LogP contribution is -2.29. The molecule has 2 heterocycles. The highest BCUT2D eigenvalue weighted by Gasteiger charge is 2.13. The molecule has 26 heavy (non-hydrogen) atoms. The molecule has 0 fully saturated rings. The number of halogens is 1. The van der Waals surface area contributed by atoms with Crippen molar-refractivity contribution in [2.75, 3.05) is 18.4 Å². The van der Waals surface area contributed by atoms with E-state index >= 15 is 0 Å². The Morgan fingerprint density at radius 2 is 2.00 bits per heavy atom. The summed E-state index contributed by atoms with van der Waals surface area (Å²) in [5.74, 6) is 1.19. The predicted molar refractivity (Wildman–Crippen MR) is 99.0 cm³/mol. The Balaban J connectivity index is 1.57. The van der Waals surface area contributed by atoms with Crippen LogP contribution in [0.1, 0.15) is 5.69 Å². The van der Waals surface area contributed by atoms with Crippen LogP contribution >= 0.6 is 11.6 Å². The molecule has 2 aromatic heterocycles. The summed E-state index contributed by atoms with van der Waals surface area (Å²) in [6.45, 7) is 2.44. The average Bonchev–Trinajstić information content (AvgIpc) is 3.06. The van der Waals surface area contributed by atoms with E-state index in [4.69, 9.17) is 11.6 Å². The van der Waals surface area contributed by atoms with E-state index in [9.17, 15) is 8.42 Å². The fraction of sp³-hybridized carbons (Fsp3) is 0.188. The van der Waals surface area contributed by atoms with E-state index in [1.54, 1.807) is 29.1 Å². The Morgan fingerprint density at radius 1 is 1.15 bits per heavy atom.